The summed E-state index contributed by atoms with van der Waals surface area (Å²) in [6.45, 7) is 4.00. The van der Waals surface area contributed by atoms with Crippen molar-refractivity contribution in [2.45, 2.75) is 19.4 Å². The molecule has 0 atom stereocenters. The van der Waals surface area contributed by atoms with Crippen LogP contribution in [0.5, 0.6) is 23.0 Å². The van der Waals surface area contributed by atoms with Gasteiger partial charge in [0.15, 0.2) is 5.60 Å². The Labute approximate surface area is 179 Å². The molecule has 0 bridgehead atoms. The number of carbonyl (C=O) groups is 1. The molecule has 30 heavy (non-hydrogen) atoms. The molecule has 0 saturated heterocycles. The Morgan fingerprint density at radius 1 is 0.900 bits per heavy atom. The maximum Gasteiger partial charge on any atom is 0.340 e. The lowest BCUT2D eigenvalue weighted by molar-refractivity contribution is 0.0224. The Morgan fingerprint density at radius 2 is 1.40 bits per heavy atom. The molecule has 0 aliphatic carbocycles. The van der Waals surface area contributed by atoms with Crippen LogP contribution in [0.15, 0.2) is 60.7 Å². The first-order valence-electron chi connectivity index (χ1n) is 9.34. The number of aromatic hydroxyl groups is 2. The molecule has 3 aromatic rings. The highest BCUT2D eigenvalue weighted by Gasteiger charge is 2.53. The number of fused-ring (bicyclic) bond motifs is 6. The zero-order chi connectivity index (χ0) is 21.9. The van der Waals surface area contributed by atoms with E-state index in [1.807, 2.05) is 26.0 Å². The Morgan fingerprint density at radius 3 is 1.93 bits per heavy atom. The smallest absolute Gasteiger partial charge is 0.340 e. The van der Waals surface area contributed by atoms with Gasteiger partial charge in [0.05, 0.1) is 11.1 Å². The van der Waals surface area contributed by atoms with Crippen molar-refractivity contribution in [2.24, 2.45) is 5.73 Å². The fourth-order valence-corrected chi connectivity index (χ4v) is 3.65. The molecule has 2 aliphatic rings. The molecular weight excluding hydrogens is 402 g/mol. The maximum atomic E-state index is 12.5. The number of nitrogens with two attached hydrogens (primary N) is 1. The molecule has 0 unspecified atom stereocenters. The van der Waals surface area contributed by atoms with Crippen LogP contribution in [0.3, 0.4) is 0 Å². The average molecular weight is 423 g/mol. The van der Waals surface area contributed by atoms with Crippen LogP contribution in [-0.4, -0.2) is 21.7 Å². The molecule has 5 rings (SSSR count). The quantitative estimate of drug-likeness (QED) is 0.359. The fraction of sp³-hybridized carbons (Fsp3) is 0.130. The van der Waals surface area contributed by atoms with Crippen molar-refractivity contribution in [3.8, 4) is 23.0 Å². The van der Waals surface area contributed by atoms with Gasteiger partial charge in [-0.2, -0.15) is 0 Å². The third kappa shape index (κ3) is 3.23. The third-order valence-corrected chi connectivity index (χ3v) is 4.68. The Bertz CT molecular complexity index is 1060. The molecule has 4 N–H and O–H groups in total. The van der Waals surface area contributed by atoms with E-state index in [-0.39, 0.29) is 11.5 Å². The van der Waals surface area contributed by atoms with Crippen LogP contribution >= 0.6 is 12.2 Å². The van der Waals surface area contributed by atoms with E-state index >= 15 is 0 Å². The highest BCUT2D eigenvalue weighted by atomic mass is 32.1. The summed E-state index contributed by atoms with van der Waals surface area (Å²) in [5.41, 5.74) is 6.90. The summed E-state index contributed by atoms with van der Waals surface area (Å²) in [5.74, 6) is 0.408. The molecule has 7 heteroatoms. The number of ether oxygens (including phenoxy) is 2. The fourth-order valence-electron chi connectivity index (χ4n) is 3.65. The lowest BCUT2D eigenvalue weighted by atomic mass is 9.77. The van der Waals surface area contributed by atoms with E-state index in [1.54, 1.807) is 24.3 Å². The average Bonchev–Trinajstić information content (AvgIpc) is 3.03. The van der Waals surface area contributed by atoms with Gasteiger partial charge in [0.25, 0.3) is 0 Å². The zero-order valence-electron chi connectivity index (χ0n) is 16.5. The number of phenolic OH excluding ortho intramolecular Hbond substituents is 2. The molecule has 0 amide bonds. The van der Waals surface area contributed by atoms with Crippen LogP contribution in [0.25, 0.3) is 0 Å². The predicted octanol–water partition coefficient (Wildman–Crippen LogP) is 4.59. The van der Waals surface area contributed by atoms with E-state index in [0.717, 1.165) is 5.49 Å². The SMILES string of the molecule is CC.NC=S.O=C1OC2(c3ccc(O)cc3Oc3cc(O)ccc32)c2ccccc21. The van der Waals surface area contributed by atoms with Gasteiger partial charge in [-0.05, 0) is 30.3 Å². The minimum Gasteiger partial charge on any atom is -0.508 e. The van der Waals surface area contributed by atoms with Gasteiger partial charge in [-0.3, -0.25) is 0 Å². The van der Waals surface area contributed by atoms with Crippen LogP contribution in [0.2, 0.25) is 0 Å². The lowest BCUT2D eigenvalue weighted by Gasteiger charge is -2.36. The maximum absolute atomic E-state index is 12.5. The largest absolute Gasteiger partial charge is 0.508 e. The van der Waals surface area contributed by atoms with Crippen LogP contribution in [-0.2, 0) is 10.3 Å². The van der Waals surface area contributed by atoms with Gasteiger partial charge in [0, 0.05) is 28.8 Å². The van der Waals surface area contributed by atoms with E-state index in [1.165, 1.54) is 24.3 Å². The van der Waals surface area contributed by atoms with Crippen LogP contribution in [0.4, 0.5) is 0 Å². The molecule has 1 spiro atoms. The number of phenols is 2. The van der Waals surface area contributed by atoms with Crippen LogP contribution < -0.4 is 10.5 Å². The van der Waals surface area contributed by atoms with Crippen molar-refractivity contribution >= 4 is 23.7 Å². The van der Waals surface area contributed by atoms with Crippen molar-refractivity contribution in [3.63, 3.8) is 0 Å². The van der Waals surface area contributed by atoms with E-state index in [2.05, 4.69) is 18.0 Å². The Kier molecular flexibility index (Phi) is 5.94. The number of hydrogen-bond donors (Lipinski definition) is 3. The van der Waals surface area contributed by atoms with E-state index in [0.29, 0.717) is 33.8 Å². The number of esters is 1. The number of carbonyl (C=O) groups excluding carboxylic acids is 1. The first kappa shape index (κ1) is 21.1. The molecule has 0 fully saturated rings. The number of rotatable bonds is 0. The van der Waals surface area contributed by atoms with Gasteiger partial charge in [-0.25, -0.2) is 4.79 Å². The second-order valence-corrected chi connectivity index (χ2v) is 6.49. The van der Waals surface area contributed by atoms with Gasteiger partial charge in [0.2, 0.25) is 0 Å². The summed E-state index contributed by atoms with van der Waals surface area (Å²) >= 11 is 4.05. The minimum atomic E-state index is -1.17. The summed E-state index contributed by atoms with van der Waals surface area (Å²) in [4.78, 5) is 12.5. The van der Waals surface area contributed by atoms with E-state index < -0.39 is 11.6 Å². The predicted molar refractivity (Wildman–Crippen MR) is 117 cm³/mol. The first-order valence-corrected chi connectivity index (χ1v) is 9.81. The second kappa shape index (κ2) is 8.42. The standard InChI is InChI=1S/C20H12O5.C2H6.CH3NS/c21-11-5-7-15-17(9-11)24-18-10-12(22)6-8-16(18)20(15)14-4-2-1-3-13(14)19(23)25-20;1-2;2-1-3/h1-10,21-22H;1-2H3;1H,(H2,2,3). The summed E-state index contributed by atoms with van der Waals surface area (Å²) < 4.78 is 11.8. The summed E-state index contributed by atoms with van der Waals surface area (Å²) in [6.07, 6.45) is 0. The van der Waals surface area contributed by atoms with Gasteiger partial charge in [-0.1, -0.05) is 44.3 Å². The van der Waals surface area contributed by atoms with Crippen molar-refractivity contribution < 1.29 is 24.5 Å². The molecule has 154 valence electrons. The van der Waals surface area contributed by atoms with Crippen molar-refractivity contribution in [1.29, 1.82) is 0 Å². The number of thiocarbonyl (C=S) groups is 1. The summed E-state index contributed by atoms with van der Waals surface area (Å²) in [6, 6.07) is 16.6. The molecule has 0 aromatic heterocycles. The summed E-state index contributed by atoms with van der Waals surface area (Å²) in [7, 11) is 0. The molecule has 2 heterocycles. The molecular formula is C23H21NO5S. The third-order valence-electron chi connectivity index (χ3n) is 4.68. The van der Waals surface area contributed by atoms with Crippen LogP contribution in [0, 0.1) is 0 Å². The number of hydrogen-bond acceptors (Lipinski definition) is 6. The molecule has 3 aromatic carbocycles. The molecule has 0 radical (unpaired) electrons. The summed E-state index contributed by atoms with van der Waals surface area (Å²) in [5, 5.41) is 19.7. The van der Waals surface area contributed by atoms with Gasteiger partial charge < -0.3 is 25.4 Å². The molecule has 6 nitrogen and oxygen atoms in total. The Balaban J connectivity index is 0.000000473. The minimum absolute atomic E-state index is 0.0371. The second-order valence-electron chi connectivity index (χ2n) is 6.22. The topological polar surface area (TPSA) is 102 Å². The highest BCUT2D eigenvalue weighted by Crippen LogP contribution is 2.56. The van der Waals surface area contributed by atoms with Gasteiger partial charge in [-0.15, -0.1) is 0 Å². The molecule has 2 aliphatic heterocycles. The van der Waals surface area contributed by atoms with Crippen molar-refractivity contribution in [2.75, 3.05) is 0 Å². The van der Waals surface area contributed by atoms with E-state index in [4.69, 9.17) is 9.47 Å². The van der Waals surface area contributed by atoms with Crippen molar-refractivity contribution in [1.82, 2.24) is 0 Å². The zero-order valence-corrected chi connectivity index (χ0v) is 17.3. The van der Waals surface area contributed by atoms with Crippen molar-refractivity contribution in [3.05, 3.63) is 82.9 Å². The monoisotopic (exact) mass is 423 g/mol. The molecule has 0 saturated carbocycles. The normalized spacial score (nSPS) is 13.7. The number of benzene rings is 3. The van der Waals surface area contributed by atoms with Crippen LogP contribution in [0.1, 0.15) is 40.9 Å². The highest BCUT2D eigenvalue weighted by molar-refractivity contribution is 7.78. The van der Waals surface area contributed by atoms with E-state index in [9.17, 15) is 15.0 Å². The Hall–Kier alpha value is -3.58. The first-order chi connectivity index (χ1) is 14.5. The van der Waals surface area contributed by atoms with Gasteiger partial charge >= 0.3 is 5.97 Å². The van der Waals surface area contributed by atoms with Gasteiger partial charge in [0.1, 0.15) is 23.0 Å². The lowest BCUT2D eigenvalue weighted by Crippen LogP contribution is -2.32.